The summed E-state index contributed by atoms with van der Waals surface area (Å²) >= 11 is 1.20. The second-order valence-corrected chi connectivity index (χ2v) is 7.86. The van der Waals surface area contributed by atoms with Crippen LogP contribution in [0.5, 0.6) is 0 Å². The van der Waals surface area contributed by atoms with E-state index in [4.69, 9.17) is 0 Å². The number of carbonyl (C=O) groups excluding carboxylic acids is 1. The highest BCUT2D eigenvalue weighted by molar-refractivity contribution is 7.99. The number of hydrogen-bond donors (Lipinski definition) is 1. The van der Waals surface area contributed by atoms with Gasteiger partial charge in [-0.15, -0.1) is 10.2 Å². The lowest BCUT2D eigenvalue weighted by atomic mass is 10.1. The van der Waals surface area contributed by atoms with Crippen LogP contribution in [0.2, 0.25) is 0 Å². The molecule has 1 amide bonds. The van der Waals surface area contributed by atoms with Crippen LogP contribution in [0, 0.1) is 5.82 Å². The van der Waals surface area contributed by atoms with Crippen molar-refractivity contribution in [1.82, 2.24) is 19.2 Å². The van der Waals surface area contributed by atoms with Gasteiger partial charge in [-0.2, -0.15) is 0 Å². The topological polar surface area (TPSA) is 81.3 Å². The van der Waals surface area contributed by atoms with Gasteiger partial charge in [-0.1, -0.05) is 43.0 Å². The Morgan fingerprint density at radius 1 is 1.03 bits per heavy atom. The number of amides is 1. The molecular weight excluding hydrogens is 417 g/mol. The van der Waals surface area contributed by atoms with E-state index in [1.165, 1.54) is 34.0 Å². The summed E-state index contributed by atoms with van der Waals surface area (Å²) in [7, 11) is 0. The monoisotopic (exact) mass is 437 g/mol. The maximum absolute atomic E-state index is 13.1. The Balaban J connectivity index is 1.43. The molecule has 0 aliphatic heterocycles. The number of fused-ring (bicyclic) bond motifs is 1. The summed E-state index contributed by atoms with van der Waals surface area (Å²) in [5.74, 6) is -0.363. The third-order valence-electron chi connectivity index (χ3n) is 4.76. The van der Waals surface area contributed by atoms with Crippen molar-refractivity contribution in [3.63, 3.8) is 0 Å². The lowest BCUT2D eigenvalue weighted by Gasteiger charge is -2.07. The molecule has 7 nitrogen and oxygen atoms in total. The average Bonchev–Trinajstić information content (AvgIpc) is 3.20. The average molecular weight is 438 g/mol. The van der Waals surface area contributed by atoms with Gasteiger partial charge in [0.2, 0.25) is 11.6 Å². The standard InChI is InChI=1S/C22H20FN5O2S/c1-2-15-5-9-18(10-6-15)24-19(29)14-31-22-26-25-20-21(30)27(11-12-28(20)22)13-16-3-7-17(23)8-4-16/h3-12H,2,13-14H2,1H3,(H,24,29). The third-order valence-corrected chi connectivity index (χ3v) is 5.70. The molecule has 4 aromatic rings. The van der Waals surface area contributed by atoms with Crippen LogP contribution in [0.25, 0.3) is 5.65 Å². The zero-order valence-corrected chi connectivity index (χ0v) is 17.6. The predicted octanol–water partition coefficient (Wildman–Crippen LogP) is 3.37. The number of anilines is 1. The summed E-state index contributed by atoms with van der Waals surface area (Å²) in [6.45, 7) is 2.37. The van der Waals surface area contributed by atoms with Gasteiger partial charge in [0, 0.05) is 18.1 Å². The van der Waals surface area contributed by atoms with Crippen LogP contribution in [0.15, 0.2) is 70.9 Å². The fourth-order valence-corrected chi connectivity index (χ4v) is 3.78. The molecule has 9 heteroatoms. The van der Waals surface area contributed by atoms with Gasteiger partial charge in [0.25, 0.3) is 5.56 Å². The Hall–Kier alpha value is -3.46. The van der Waals surface area contributed by atoms with Gasteiger partial charge in [0.15, 0.2) is 5.16 Å². The van der Waals surface area contributed by atoms with Crippen LogP contribution in [-0.4, -0.2) is 30.8 Å². The van der Waals surface area contributed by atoms with Gasteiger partial charge in [-0.05, 0) is 41.8 Å². The zero-order chi connectivity index (χ0) is 21.8. The second kappa shape index (κ2) is 9.13. The molecule has 0 radical (unpaired) electrons. The molecule has 0 atom stereocenters. The number of aryl methyl sites for hydroxylation is 1. The van der Waals surface area contributed by atoms with Gasteiger partial charge >= 0.3 is 0 Å². The molecule has 0 aliphatic rings. The molecule has 2 aromatic carbocycles. The summed E-state index contributed by atoms with van der Waals surface area (Å²) in [5.41, 5.74) is 2.59. The minimum absolute atomic E-state index is 0.134. The largest absolute Gasteiger partial charge is 0.325 e. The van der Waals surface area contributed by atoms with E-state index >= 15 is 0 Å². The summed E-state index contributed by atoms with van der Waals surface area (Å²) < 4.78 is 16.1. The van der Waals surface area contributed by atoms with Gasteiger partial charge in [-0.3, -0.25) is 14.0 Å². The number of hydrogen-bond acceptors (Lipinski definition) is 5. The van der Waals surface area contributed by atoms with Crippen molar-refractivity contribution in [3.05, 3.63) is 88.2 Å². The van der Waals surface area contributed by atoms with E-state index in [9.17, 15) is 14.0 Å². The number of carbonyl (C=O) groups is 1. The number of benzene rings is 2. The van der Waals surface area contributed by atoms with E-state index in [-0.39, 0.29) is 28.7 Å². The van der Waals surface area contributed by atoms with Gasteiger partial charge in [0.05, 0.1) is 12.3 Å². The van der Waals surface area contributed by atoms with Crippen molar-refractivity contribution in [2.45, 2.75) is 25.0 Å². The molecule has 0 fully saturated rings. The summed E-state index contributed by atoms with van der Waals surface area (Å²) in [6, 6.07) is 13.7. The number of nitrogens with one attached hydrogen (secondary N) is 1. The van der Waals surface area contributed by atoms with Gasteiger partial charge in [0.1, 0.15) is 5.82 Å². The van der Waals surface area contributed by atoms with Crippen molar-refractivity contribution in [3.8, 4) is 0 Å². The lowest BCUT2D eigenvalue weighted by Crippen LogP contribution is -2.22. The summed E-state index contributed by atoms with van der Waals surface area (Å²) in [5, 5.41) is 11.3. The van der Waals surface area contributed by atoms with E-state index in [2.05, 4.69) is 22.4 Å². The smallest absolute Gasteiger partial charge is 0.296 e. The Bertz CT molecular complexity index is 1270. The Kier molecular flexibility index (Phi) is 6.13. The highest BCUT2D eigenvalue weighted by atomic mass is 32.2. The molecule has 0 aliphatic carbocycles. The molecular formula is C22H20FN5O2S. The minimum Gasteiger partial charge on any atom is -0.325 e. The molecule has 0 saturated carbocycles. The first kappa shape index (κ1) is 20.8. The Morgan fingerprint density at radius 3 is 2.45 bits per heavy atom. The first-order valence-corrected chi connectivity index (χ1v) is 10.7. The maximum Gasteiger partial charge on any atom is 0.296 e. The van der Waals surface area contributed by atoms with Crippen LogP contribution >= 0.6 is 11.8 Å². The van der Waals surface area contributed by atoms with Crippen LogP contribution in [0.3, 0.4) is 0 Å². The second-order valence-electron chi connectivity index (χ2n) is 6.92. The highest BCUT2D eigenvalue weighted by Gasteiger charge is 2.13. The molecule has 158 valence electrons. The quantitative estimate of drug-likeness (QED) is 0.449. The minimum atomic E-state index is -0.326. The van der Waals surface area contributed by atoms with E-state index in [1.807, 2.05) is 24.3 Å². The number of nitrogens with zero attached hydrogens (tertiary/aromatic N) is 4. The fraction of sp³-hybridized carbons (Fsp3) is 0.182. The molecule has 1 N–H and O–H groups in total. The van der Waals surface area contributed by atoms with Gasteiger partial charge in [-0.25, -0.2) is 4.39 Å². The van der Waals surface area contributed by atoms with Crippen molar-refractivity contribution in [2.24, 2.45) is 0 Å². The zero-order valence-electron chi connectivity index (χ0n) is 16.8. The van der Waals surface area contributed by atoms with Gasteiger partial charge < -0.3 is 9.88 Å². The maximum atomic E-state index is 13.1. The van der Waals surface area contributed by atoms with Crippen LogP contribution in [0.4, 0.5) is 10.1 Å². The number of aromatic nitrogens is 4. The van der Waals surface area contributed by atoms with Crippen LogP contribution in [0.1, 0.15) is 18.1 Å². The molecule has 0 spiro atoms. The number of halogens is 1. The van der Waals surface area contributed by atoms with E-state index in [1.54, 1.807) is 28.9 Å². The normalized spacial score (nSPS) is 11.0. The molecule has 2 heterocycles. The molecule has 0 bridgehead atoms. The Labute approximate surface area is 181 Å². The molecule has 4 rings (SSSR count). The molecule has 2 aromatic heterocycles. The third kappa shape index (κ3) is 4.83. The first-order chi connectivity index (χ1) is 15.0. The van der Waals surface area contributed by atoms with E-state index in [0.717, 1.165) is 17.7 Å². The first-order valence-electron chi connectivity index (χ1n) is 9.73. The Morgan fingerprint density at radius 2 is 1.74 bits per heavy atom. The number of rotatable bonds is 7. The van der Waals surface area contributed by atoms with E-state index < -0.39 is 0 Å². The molecule has 0 saturated heterocycles. The van der Waals surface area contributed by atoms with Crippen LogP contribution < -0.4 is 10.9 Å². The number of thioether (sulfide) groups is 1. The van der Waals surface area contributed by atoms with Crippen LogP contribution in [-0.2, 0) is 17.8 Å². The van der Waals surface area contributed by atoms with Crippen molar-refractivity contribution in [2.75, 3.05) is 11.1 Å². The lowest BCUT2D eigenvalue weighted by molar-refractivity contribution is -0.113. The highest BCUT2D eigenvalue weighted by Crippen LogP contribution is 2.17. The molecule has 0 unspecified atom stereocenters. The summed E-state index contributed by atoms with van der Waals surface area (Å²) in [4.78, 5) is 25.0. The fourth-order valence-electron chi connectivity index (χ4n) is 3.06. The van der Waals surface area contributed by atoms with Crippen molar-refractivity contribution < 1.29 is 9.18 Å². The predicted molar refractivity (Wildman–Crippen MR) is 118 cm³/mol. The van der Waals surface area contributed by atoms with E-state index in [0.29, 0.717) is 11.7 Å². The molecule has 31 heavy (non-hydrogen) atoms. The SMILES string of the molecule is CCc1ccc(NC(=O)CSc2nnc3c(=O)n(Cc4ccc(F)cc4)ccn23)cc1. The summed E-state index contributed by atoms with van der Waals surface area (Å²) in [6.07, 6.45) is 4.25. The van der Waals surface area contributed by atoms with Crippen molar-refractivity contribution >= 4 is 29.0 Å². The van der Waals surface area contributed by atoms with Crippen molar-refractivity contribution in [1.29, 1.82) is 0 Å².